The minimum absolute atomic E-state index is 0.0906. The molecule has 152 valence electrons. The van der Waals surface area contributed by atoms with Gasteiger partial charge in [0.2, 0.25) is 5.91 Å². The van der Waals surface area contributed by atoms with E-state index in [1.54, 1.807) is 17.7 Å². The van der Waals surface area contributed by atoms with Gasteiger partial charge < -0.3 is 5.32 Å². The van der Waals surface area contributed by atoms with E-state index < -0.39 is 0 Å². The van der Waals surface area contributed by atoms with Crippen LogP contribution in [-0.4, -0.2) is 45.7 Å². The fourth-order valence-corrected chi connectivity index (χ4v) is 5.67. The third kappa shape index (κ3) is 4.97. The molecule has 0 spiro atoms. The number of aromatic nitrogens is 2. The third-order valence-electron chi connectivity index (χ3n) is 5.47. The molecule has 0 unspecified atom stereocenters. The number of rotatable bonds is 6. The smallest absolute Gasteiger partial charge is 0.230 e. The highest BCUT2D eigenvalue weighted by molar-refractivity contribution is 8.00. The lowest BCUT2D eigenvalue weighted by molar-refractivity contribution is -0.119. The average Bonchev–Trinajstić information content (AvgIpc) is 3.03. The minimum Gasteiger partial charge on any atom is -0.353 e. The Morgan fingerprint density at radius 1 is 1.21 bits per heavy atom. The van der Waals surface area contributed by atoms with E-state index in [-0.39, 0.29) is 11.9 Å². The van der Waals surface area contributed by atoms with Crippen molar-refractivity contribution < 1.29 is 4.79 Å². The number of nitrogens with one attached hydrogen (secondary N) is 1. The van der Waals surface area contributed by atoms with Crippen molar-refractivity contribution in [2.24, 2.45) is 0 Å². The summed E-state index contributed by atoms with van der Waals surface area (Å²) >= 11 is 3.20. The van der Waals surface area contributed by atoms with Crippen molar-refractivity contribution in [3.8, 4) is 0 Å². The van der Waals surface area contributed by atoms with Crippen LogP contribution in [0.2, 0.25) is 0 Å². The lowest BCUT2D eigenvalue weighted by atomic mass is 10.0. The van der Waals surface area contributed by atoms with Crippen molar-refractivity contribution in [2.45, 2.75) is 44.3 Å². The summed E-state index contributed by atoms with van der Waals surface area (Å²) in [7, 11) is 0. The highest BCUT2D eigenvalue weighted by Gasteiger charge is 2.21. The van der Waals surface area contributed by atoms with Crippen molar-refractivity contribution in [3.05, 3.63) is 52.7 Å². The molecule has 0 radical (unpaired) electrons. The van der Waals surface area contributed by atoms with Crippen LogP contribution in [0.25, 0.3) is 10.2 Å². The number of carbonyl (C=O) groups is 1. The van der Waals surface area contributed by atoms with E-state index >= 15 is 0 Å². The van der Waals surface area contributed by atoms with E-state index in [0.717, 1.165) is 47.7 Å². The Balaban J connectivity index is 1.26. The number of fused-ring (bicyclic) bond motifs is 1. The van der Waals surface area contributed by atoms with E-state index in [1.807, 2.05) is 0 Å². The second kappa shape index (κ2) is 9.24. The molecular weight excluding hydrogens is 400 g/mol. The van der Waals surface area contributed by atoms with Crippen LogP contribution in [0.4, 0.5) is 0 Å². The summed E-state index contributed by atoms with van der Waals surface area (Å²) in [5.74, 6) is 0.484. The number of aryl methyl sites for hydroxylation is 2. The molecule has 0 bridgehead atoms. The van der Waals surface area contributed by atoms with Gasteiger partial charge in [0.1, 0.15) is 16.2 Å². The van der Waals surface area contributed by atoms with Crippen LogP contribution in [0.15, 0.2) is 41.7 Å². The molecule has 3 aromatic rings. The molecule has 7 heteroatoms. The zero-order chi connectivity index (χ0) is 20.2. The predicted octanol–water partition coefficient (Wildman–Crippen LogP) is 4.18. The Morgan fingerprint density at radius 3 is 2.72 bits per heavy atom. The molecule has 2 aromatic heterocycles. The van der Waals surface area contributed by atoms with Gasteiger partial charge in [-0.25, -0.2) is 9.97 Å². The summed E-state index contributed by atoms with van der Waals surface area (Å²) in [6, 6.07) is 10.8. The third-order valence-corrected chi connectivity index (χ3v) is 7.58. The maximum atomic E-state index is 12.5. The number of thioether (sulfide) groups is 1. The molecule has 1 N–H and O–H groups in total. The standard InChI is InChI=1S/C22H26N4OS2/c1-15-16(2)29-22-20(15)21(23-14-24-22)28-13-19(27)25-18-8-10-26(11-9-18)12-17-6-4-3-5-7-17/h3-7,14,18H,8-13H2,1-2H3,(H,25,27). The van der Waals surface area contributed by atoms with E-state index in [0.29, 0.717) is 5.75 Å². The quantitative estimate of drug-likeness (QED) is 0.473. The van der Waals surface area contributed by atoms with Gasteiger partial charge in [-0.1, -0.05) is 42.1 Å². The first-order valence-electron chi connectivity index (χ1n) is 9.99. The molecule has 29 heavy (non-hydrogen) atoms. The molecule has 5 nitrogen and oxygen atoms in total. The van der Waals surface area contributed by atoms with Crippen LogP contribution in [0.1, 0.15) is 28.8 Å². The Labute approximate surface area is 179 Å². The summed E-state index contributed by atoms with van der Waals surface area (Å²) < 4.78 is 0. The zero-order valence-corrected chi connectivity index (χ0v) is 18.5. The van der Waals surface area contributed by atoms with Crippen LogP contribution >= 0.6 is 23.1 Å². The Bertz CT molecular complexity index is 981. The Hall–Kier alpha value is -1.96. The van der Waals surface area contributed by atoms with Gasteiger partial charge in [-0.15, -0.1) is 11.3 Å². The Morgan fingerprint density at radius 2 is 1.97 bits per heavy atom. The van der Waals surface area contributed by atoms with E-state index in [9.17, 15) is 4.79 Å². The second-order valence-electron chi connectivity index (χ2n) is 7.53. The monoisotopic (exact) mass is 426 g/mol. The molecule has 1 saturated heterocycles. The lowest BCUT2D eigenvalue weighted by Gasteiger charge is -2.32. The lowest BCUT2D eigenvalue weighted by Crippen LogP contribution is -2.44. The first kappa shape index (κ1) is 20.3. The van der Waals surface area contributed by atoms with Crippen LogP contribution < -0.4 is 5.32 Å². The number of thiophene rings is 1. The summed E-state index contributed by atoms with van der Waals surface area (Å²) in [4.78, 5) is 26.0. The molecular formula is C22H26N4OS2. The maximum absolute atomic E-state index is 12.5. The van der Waals surface area contributed by atoms with E-state index in [1.165, 1.54) is 27.8 Å². The molecule has 0 aliphatic carbocycles. The fourth-order valence-electron chi connectivity index (χ4n) is 3.74. The molecule has 3 heterocycles. The maximum Gasteiger partial charge on any atom is 0.230 e. The van der Waals surface area contributed by atoms with Crippen LogP contribution in [0.5, 0.6) is 0 Å². The van der Waals surface area contributed by atoms with E-state index in [2.05, 4.69) is 64.4 Å². The number of carbonyl (C=O) groups excluding carboxylic acids is 1. The fraction of sp³-hybridized carbons (Fsp3) is 0.409. The largest absolute Gasteiger partial charge is 0.353 e. The molecule has 1 aliphatic heterocycles. The molecule has 0 atom stereocenters. The molecule has 1 amide bonds. The minimum atomic E-state index is 0.0906. The van der Waals surface area contributed by atoms with Crippen molar-refractivity contribution in [3.63, 3.8) is 0 Å². The molecule has 0 saturated carbocycles. The van der Waals surface area contributed by atoms with Crippen LogP contribution in [-0.2, 0) is 11.3 Å². The highest BCUT2D eigenvalue weighted by atomic mass is 32.2. The number of likely N-dealkylation sites (tertiary alicyclic amines) is 1. The number of piperidine rings is 1. The van der Waals surface area contributed by atoms with Gasteiger partial charge in [-0.05, 0) is 37.8 Å². The van der Waals surface area contributed by atoms with Crippen LogP contribution in [0, 0.1) is 13.8 Å². The van der Waals surface area contributed by atoms with Gasteiger partial charge in [0.15, 0.2) is 0 Å². The molecule has 1 fully saturated rings. The normalized spacial score (nSPS) is 15.7. The number of nitrogens with zero attached hydrogens (tertiary/aromatic N) is 3. The Kier molecular flexibility index (Phi) is 6.47. The molecule has 4 rings (SSSR count). The summed E-state index contributed by atoms with van der Waals surface area (Å²) in [6.45, 7) is 7.23. The number of hydrogen-bond donors (Lipinski definition) is 1. The molecule has 1 aliphatic rings. The topological polar surface area (TPSA) is 58.1 Å². The van der Waals surface area contributed by atoms with Gasteiger partial charge in [-0.2, -0.15) is 0 Å². The number of benzene rings is 1. The first-order chi connectivity index (χ1) is 14.1. The van der Waals surface area contributed by atoms with Gasteiger partial charge in [0.25, 0.3) is 0 Å². The van der Waals surface area contributed by atoms with Crippen LogP contribution in [0.3, 0.4) is 0 Å². The average molecular weight is 427 g/mol. The van der Waals surface area contributed by atoms with Crippen molar-refractivity contribution in [2.75, 3.05) is 18.8 Å². The van der Waals surface area contributed by atoms with Gasteiger partial charge in [-0.3, -0.25) is 9.69 Å². The van der Waals surface area contributed by atoms with Crippen molar-refractivity contribution in [1.29, 1.82) is 0 Å². The predicted molar refractivity (Wildman–Crippen MR) is 120 cm³/mol. The van der Waals surface area contributed by atoms with Gasteiger partial charge in [0.05, 0.1) is 5.75 Å². The second-order valence-corrected chi connectivity index (χ2v) is 9.70. The van der Waals surface area contributed by atoms with E-state index in [4.69, 9.17) is 0 Å². The zero-order valence-electron chi connectivity index (χ0n) is 16.9. The number of amides is 1. The summed E-state index contributed by atoms with van der Waals surface area (Å²) in [5, 5.41) is 5.22. The van der Waals surface area contributed by atoms with Gasteiger partial charge in [0, 0.05) is 35.9 Å². The number of hydrogen-bond acceptors (Lipinski definition) is 6. The van der Waals surface area contributed by atoms with Crippen molar-refractivity contribution in [1.82, 2.24) is 20.2 Å². The highest BCUT2D eigenvalue weighted by Crippen LogP contribution is 2.34. The first-order valence-corrected chi connectivity index (χ1v) is 11.8. The van der Waals surface area contributed by atoms with Crippen molar-refractivity contribution >= 4 is 39.2 Å². The summed E-state index contributed by atoms with van der Waals surface area (Å²) in [6.07, 6.45) is 3.61. The SMILES string of the molecule is Cc1sc2ncnc(SCC(=O)NC3CCN(Cc4ccccc4)CC3)c2c1C. The van der Waals surface area contributed by atoms with Gasteiger partial charge >= 0.3 is 0 Å². The summed E-state index contributed by atoms with van der Waals surface area (Å²) in [5.41, 5.74) is 2.57. The molecule has 1 aromatic carbocycles.